The summed E-state index contributed by atoms with van der Waals surface area (Å²) < 4.78 is 0. The van der Waals surface area contributed by atoms with Crippen LogP contribution in [0.1, 0.15) is 107 Å². The number of phenols is 2. The van der Waals surface area contributed by atoms with Gasteiger partial charge in [-0.3, -0.25) is 0 Å². The van der Waals surface area contributed by atoms with Gasteiger partial charge in [-0.1, -0.05) is 76.9 Å². The summed E-state index contributed by atoms with van der Waals surface area (Å²) in [6.07, 6.45) is 2.61. The zero-order chi connectivity index (χ0) is 31.2. The molecular formula is C34H48O6S-2. The summed E-state index contributed by atoms with van der Waals surface area (Å²) in [7, 11) is 0. The molecule has 228 valence electrons. The van der Waals surface area contributed by atoms with Gasteiger partial charge in [0.15, 0.2) is 0 Å². The Hall–Kier alpha value is -2.67. The Bertz CT molecular complexity index is 1140. The van der Waals surface area contributed by atoms with Gasteiger partial charge in [0, 0.05) is 23.1 Å². The molecule has 2 N–H and O–H groups in total. The van der Waals surface area contributed by atoms with Crippen LogP contribution in [0.4, 0.5) is 0 Å². The number of carbonyl (C=O) groups is 2. The van der Waals surface area contributed by atoms with Crippen LogP contribution in [0.5, 0.6) is 11.5 Å². The molecule has 0 aliphatic heterocycles. The summed E-state index contributed by atoms with van der Waals surface area (Å²) in [6.45, 7) is 16.3. The second-order valence-corrected chi connectivity index (χ2v) is 14.7. The summed E-state index contributed by atoms with van der Waals surface area (Å²) in [5.41, 5.74) is 3.77. The molecule has 6 nitrogen and oxygen atoms in total. The van der Waals surface area contributed by atoms with Gasteiger partial charge in [-0.05, 0) is 97.6 Å². The van der Waals surface area contributed by atoms with E-state index < -0.39 is 17.4 Å². The van der Waals surface area contributed by atoms with E-state index in [1.807, 2.05) is 79.7 Å². The lowest BCUT2D eigenvalue weighted by atomic mass is 9.78. The summed E-state index contributed by atoms with van der Waals surface area (Å²) >= 11 is 1.29. The molecule has 7 heteroatoms. The van der Waals surface area contributed by atoms with Crippen LogP contribution in [-0.2, 0) is 33.3 Å². The third-order valence-electron chi connectivity index (χ3n) is 7.75. The third-order valence-corrected chi connectivity index (χ3v) is 9.00. The molecule has 0 aliphatic rings. The van der Waals surface area contributed by atoms with Crippen LogP contribution in [0.2, 0.25) is 0 Å². The van der Waals surface area contributed by atoms with Crippen LogP contribution >= 0.6 is 11.8 Å². The lowest BCUT2D eigenvalue weighted by molar-refractivity contribution is -0.319. The highest BCUT2D eigenvalue weighted by Crippen LogP contribution is 2.39. The molecule has 0 aromatic heterocycles. The van der Waals surface area contributed by atoms with E-state index in [9.17, 15) is 30.0 Å². The van der Waals surface area contributed by atoms with Crippen molar-refractivity contribution in [3.8, 4) is 11.5 Å². The number of aryl methyl sites for hydroxylation is 4. The Morgan fingerprint density at radius 2 is 1.17 bits per heavy atom. The van der Waals surface area contributed by atoms with Gasteiger partial charge in [0.2, 0.25) is 0 Å². The number of rotatable bonds is 14. The van der Waals surface area contributed by atoms with Crippen molar-refractivity contribution < 1.29 is 30.0 Å². The molecule has 0 saturated carbocycles. The smallest absolute Gasteiger partial charge is 0.122 e. The van der Waals surface area contributed by atoms with Crippen LogP contribution < -0.4 is 10.2 Å². The second-order valence-electron chi connectivity index (χ2n) is 13.6. The first kappa shape index (κ1) is 34.5. The average Bonchev–Trinajstić information content (AvgIpc) is 2.83. The molecule has 0 aliphatic carbocycles. The normalized spacial score (nSPS) is 12.5. The Labute approximate surface area is 250 Å². The summed E-state index contributed by atoms with van der Waals surface area (Å²) in [6, 6.07) is 7.88. The van der Waals surface area contributed by atoms with Crippen molar-refractivity contribution in [1.82, 2.24) is 0 Å². The third kappa shape index (κ3) is 9.69. The van der Waals surface area contributed by atoms with E-state index in [4.69, 9.17) is 0 Å². The Balaban J connectivity index is 2.27. The number of hydrogen-bond donors (Lipinski definition) is 2. The summed E-state index contributed by atoms with van der Waals surface area (Å²) in [4.78, 5) is 23.6. The van der Waals surface area contributed by atoms with Crippen molar-refractivity contribution in [1.29, 1.82) is 0 Å². The van der Waals surface area contributed by atoms with Crippen LogP contribution in [0.3, 0.4) is 0 Å². The first-order valence-electron chi connectivity index (χ1n) is 14.5. The first-order chi connectivity index (χ1) is 18.9. The Morgan fingerprint density at radius 1 is 0.756 bits per heavy atom. The molecule has 0 atom stereocenters. The highest BCUT2D eigenvalue weighted by Gasteiger charge is 2.32. The summed E-state index contributed by atoms with van der Waals surface area (Å²) in [5, 5.41) is 45.6. The predicted octanol–water partition coefficient (Wildman–Crippen LogP) is 5.26. The quantitative estimate of drug-likeness (QED) is 0.290. The van der Waals surface area contributed by atoms with E-state index in [-0.39, 0.29) is 40.3 Å². The fourth-order valence-electron chi connectivity index (χ4n) is 5.42. The number of hydrogen-bond acceptors (Lipinski definition) is 7. The molecule has 0 unspecified atom stereocenters. The minimum atomic E-state index is -1.17. The molecule has 0 saturated heterocycles. The number of carboxylic acid groups (broad SMARTS) is 2. The summed E-state index contributed by atoms with van der Waals surface area (Å²) in [5.74, 6) is -1.30. The fraction of sp³-hybridized carbons (Fsp3) is 0.588. The van der Waals surface area contributed by atoms with Gasteiger partial charge in [-0.25, -0.2) is 0 Å². The van der Waals surface area contributed by atoms with Crippen LogP contribution in [-0.4, -0.2) is 33.7 Å². The van der Waals surface area contributed by atoms with Crippen LogP contribution in [0.15, 0.2) is 24.3 Å². The van der Waals surface area contributed by atoms with Gasteiger partial charge in [0.25, 0.3) is 0 Å². The number of carboxylic acids is 2. The van der Waals surface area contributed by atoms with E-state index in [1.54, 1.807) is 0 Å². The number of aliphatic carboxylic acids is 2. The molecular weight excluding hydrogens is 536 g/mol. The lowest BCUT2D eigenvalue weighted by Gasteiger charge is -2.35. The zero-order valence-corrected chi connectivity index (χ0v) is 26.9. The predicted molar refractivity (Wildman–Crippen MR) is 163 cm³/mol. The molecule has 0 heterocycles. The molecule has 2 rings (SSSR count). The lowest BCUT2D eigenvalue weighted by Crippen LogP contribution is -2.44. The zero-order valence-electron chi connectivity index (χ0n) is 26.1. The van der Waals surface area contributed by atoms with E-state index in [2.05, 4.69) is 0 Å². The minimum absolute atomic E-state index is 0.146. The highest BCUT2D eigenvalue weighted by atomic mass is 32.2. The Kier molecular flexibility index (Phi) is 11.8. The molecule has 0 radical (unpaired) electrons. The molecule has 0 amide bonds. The van der Waals surface area contributed by atoms with Crippen LogP contribution in [0, 0.1) is 19.3 Å². The largest absolute Gasteiger partial charge is 0.550 e. The topological polar surface area (TPSA) is 121 Å². The number of benzene rings is 2. The van der Waals surface area contributed by atoms with Crippen molar-refractivity contribution in [3.63, 3.8) is 0 Å². The standard InChI is InChI=1S/C34H50O6S/c1-22-17-24(29(37)26(19-22)32(3,4)5)11-9-14-34(31(39)40,21-41-16-13-28(35)36)15-10-12-25-18-23(2)20-27(30(25)38)33(6,7)8/h17-20,37-38H,9-16,21H2,1-8H3,(H,35,36)(H,39,40)/p-2. The average molecular weight is 585 g/mol. The first-order valence-corrected chi connectivity index (χ1v) is 15.7. The van der Waals surface area contributed by atoms with Gasteiger partial charge in [0.05, 0.1) is 0 Å². The van der Waals surface area contributed by atoms with E-state index in [1.165, 1.54) is 11.8 Å². The van der Waals surface area contributed by atoms with Crippen molar-refractivity contribution >= 4 is 23.7 Å². The number of phenolic OH excluding ortho intramolecular Hbond substituents is 2. The number of thioether (sulfide) groups is 1. The maximum Gasteiger partial charge on any atom is 0.122 e. The van der Waals surface area contributed by atoms with E-state index >= 15 is 0 Å². The fourth-order valence-corrected chi connectivity index (χ4v) is 6.67. The van der Waals surface area contributed by atoms with Gasteiger partial charge >= 0.3 is 0 Å². The molecule has 0 fully saturated rings. The molecule has 2 aromatic rings. The molecule has 0 spiro atoms. The molecule has 0 bridgehead atoms. The molecule has 41 heavy (non-hydrogen) atoms. The van der Waals surface area contributed by atoms with Crippen molar-refractivity contribution in [2.45, 2.75) is 111 Å². The van der Waals surface area contributed by atoms with Crippen molar-refractivity contribution in [3.05, 3.63) is 57.6 Å². The number of carbonyl (C=O) groups excluding carboxylic acids is 2. The minimum Gasteiger partial charge on any atom is -0.550 e. The van der Waals surface area contributed by atoms with Crippen molar-refractivity contribution in [2.75, 3.05) is 11.5 Å². The second kappa shape index (κ2) is 14.0. The van der Waals surface area contributed by atoms with Gasteiger partial charge in [0.1, 0.15) is 11.5 Å². The Morgan fingerprint density at radius 3 is 1.51 bits per heavy atom. The number of aromatic hydroxyl groups is 2. The van der Waals surface area contributed by atoms with Gasteiger partial charge < -0.3 is 30.0 Å². The SMILES string of the molecule is Cc1cc(CCCC(CCCc2cc(C)cc(C(C)(C)C)c2O)(CSCCC(=O)[O-])C(=O)[O-])c(O)c(C(C)(C)C)c1. The molecule has 2 aromatic carbocycles. The monoisotopic (exact) mass is 584 g/mol. The maximum atomic E-state index is 12.7. The van der Waals surface area contributed by atoms with E-state index in [0.29, 0.717) is 38.5 Å². The van der Waals surface area contributed by atoms with E-state index in [0.717, 1.165) is 33.4 Å². The highest BCUT2D eigenvalue weighted by molar-refractivity contribution is 7.99. The van der Waals surface area contributed by atoms with Gasteiger partial charge in [-0.15, -0.1) is 0 Å². The van der Waals surface area contributed by atoms with Gasteiger partial charge in [-0.2, -0.15) is 11.8 Å². The maximum absolute atomic E-state index is 12.7. The van der Waals surface area contributed by atoms with Crippen LogP contribution in [0.25, 0.3) is 0 Å². The van der Waals surface area contributed by atoms with Crippen molar-refractivity contribution in [2.24, 2.45) is 5.41 Å².